The maximum Gasteiger partial charge on any atom is 0.327 e. The Morgan fingerprint density at radius 1 is 1.31 bits per heavy atom. The maximum absolute atomic E-state index is 13.4. The SMILES string of the molecule is COCCN1C(=O)N(CC2CNN(C)C2)C(=O)C2CC(S(=O)(=O)NC3(C#N)CC3)CCC21. The zero-order chi connectivity index (χ0) is 23.1. The molecule has 4 aliphatic rings. The number of amides is 3. The quantitative estimate of drug-likeness (QED) is 0.486. The number of imide groups is 1. The highest BCUT2D eigenvalue weighted by atomic mass is 32.2. The number of urea groups is 1. The molecule has 2 saturated carbocycles. The number of carbonyl (C=O) groups is 2. The van der Waals surface area contributed by atoms with Crippen molar-refractivity contribution in [1.82, 2.24) is 25.0 Å². The van der Waals surface area contributed by atoms with Crippen LogP contribution in [0, 0.1) is 23.2 Å². The third-order valence-corrected chi connectivity index (χ3v) is 9.11. The van der Waals surface area contributed by atoms with Gasteiger partial charge in [-0.3, -0.25) is 15.1 Å². The second kappa shape index (κ2) is 8.87. The molecule has 2 N–H and O–H groups in total. The van der Waals surface area contributed by atoms with E-state index in [1.165, 1.54) is 4.90 Å². The van der Waals surface area contributed by atoms with Crippen LogP contribution in [0.15, 0.2) is 0 Å². The largest absolute Gasteiger partial charge is 0.383 e. The number of methoxy groups -OCH3 is 1. The lowest BCUT2D eigenvalue weighted by Gasteiger charge is -2.48. The molecule has 4 unspecified atom stereocenters. The fourth-order valence-electron chi connectivity index (χ4n) is 5.15. The van der Waals surface area contributed by atoms with Gasteiger partial charge >= 0.3 is 6.03 Å². The Kier molecular flexibility index (Phi) is 6.48. The molecule has 0 aromatic carbocycles. The van der Waals surface area contributed by atoms with Gasteiger partial charge in [-0.15, -0.1) is 0 Å². The van der Waals surface area contributed by atoms with Crippen LogP contribution in [0.1, 0.15) is 32.1 Å². The number of nitrogens with one attached hydrogen (secondary N) is 2. The Bertz CT molecular complexity index is 901. The summed E-state index contributed by atoms with van der Waals surface area (Å²) in [7, 11) is -0.270. The molecule has 2 aliphatic heterocycles. The van der Waals surface area contributed by atoms with Crippen LogP contribution in [0.5, 0.6) is 0 Å². The number of fused-ring (bicyclic) bond motifs is 1. The van der Waals surface area contributed by atoms with Crippen molar-refractivity contribution in [2.75, 3.05) is 46.9 Å². The van der Waals surface area contributed by atoms with E-state index >= 15 is 0 Å². The lowest BCUT2D eigenvalue weighted by molar-refractivity contribution is -0.141. The molecule has 4 rings (SSSR count). The van der Waals surface area contributed by atoms with Crippen molar-refractivity contribution in [3.05, 3.63) is 0 Å². The zero-order valence-electron chi connectivity index (χ0n) is 18.6. The minimum atomic E-state index is -3.75. The Morgan fingerprint density at radius 2 is 2.06 bits per heavy atom. The monoisotopic (exact) mass is 468 g/mol. The summed E-state index contributed by atoms with van der Waals surface area (Å²) in [4.78, 5) is 29.7. The fraction of sp³-hybridized carbons (Fsp3) is 0.850. The van der Waals surface area contributed by atoms with E-state index in [1.807, 2.05) is 12.1 Å². The summed E-state index contributed by atoms with van der Waals surface area (Å²) in [6.45, 7) is 2.40. The second-order valence-electron chi connectivity index (χ2n) is 9.48. The van der Waals surface area contributed by atoms with E-state index < -0.39 is 26.7 Å². The number of hydrazine groups is 1. The summed E-state index contributed by atoms with van der Waals surface area (Å²) in [6.07, 6.45) is 1.95. The van der Waals surface area contributed by atoms with Gasteiger partial charge in [0.1, 0.15) is 5.54 Å². The molecule has 0 aromatic heterocycles. The molecule has 0 bridgehead atoms. The van der Waals surface area contributed by atoms with Crippen LogP contribution in [0.25, 0.3) is 0 Å². The lowest BCUT2D eigenvalue weighted by atomic mass is 9.80. The molecule has 2 saturated heterocycles. The van der Waals surface area contributed by atoms with Crippen LogP contribution in [-0.4, -0.2) is 98.9 Å². The van der Waals surface area contributed by atoms with Crippen molar-refractivity contribution in [3.8, 4) is 6.07 Å². The van der Waals surface area contributed by atoms with E-state index in [-0.39, 0.29) is 30.3 Å². The van der Waals surface area contributed by atoms with Crippen molar-refractivity contribution >= 4 is 22.0 Å². The summed E-state index contributed by atoms with van der Waals surface area (Å²) < 4.78 is 33.7. The first kappa shape index (κ1) is 23.4. The van der Waals surface area contributed by atoms with Crippen LogP contribution < -0.4 is 10.1 Å². The normalized spacial score (nSPS) is 32.7. The van der Waals surface area contributed by atoms with Crippen LogP contribution in [0.4, 0.5) is 4.79 Å². The minimum absolute atomic E-state index is 0.115. The number of rotatable bonds is 8. The van der Waals surface area contributed by atoms with Crippen molar-refractivity contribution in [2.45, 2.75) is 48.9 Å². The van der Waals surface area contributed by atoms with Gasteiger partial charge in [0.05, 0.1) is 23.8 Å². The first-order valence-corrected chi connectivity index (χ1v) is 12.7. The first-order valence-electron chi connectivity index (χ1n) is 11.2. The van der Waals surface area contributed by atoms with Gasteiger partial charge in [0.25, 0.3) is 0 Å². The standard InChI is InChI=1S/C20H32N6O5S/c1-24-11-14(10-22-24)12-26-18(27)16-9-15(32(29,30)23-20(13-21)5-6-20)3-4-17(16)25(19(26)28)7-8-31-2/h14-17,22-23H,3-12H2,1-2H3. The smallest absolute Gasteiger partial charge is 0.327 e. The number of ether oxygens (including phenoxy) is 1. The second-order valence-corrected chi connectivity index (χ2v) is 11.4. The predicted octanol–water partition coefficient (Wildman–Crippen LogP) is -0.524. The average molecular weight is 469 g/mol. The summed E-state index contributed by atoms with van der Waals surface area (Å²) in [5, 5.41) is 10.5. The molecule has 3 amide bonds. The van der Waals surface area contributed by atoms with Gasteiger partial charge in [-0.2, -0.15) is 9.98 Å². The van der Waals surface area contributed by atoms with Gasteiger partial charge in [-0.25, -0.2) is 18.2 Å². The number of hydrogen-bond acceptors (Lipinski definition) is 8. The van der Waals surface area contributed by atoms with Crippen molar-refractivity contribution < 1.29 is 22.7 Å². The van der Waals surface area contributed by atoms with Gasteiger partial charge < -0.3 is 9.64 Å². The molecule has 12 heteroatoms. The lowest BCUT2D eigenvalue weighted by Crippen LogP contribution is -2.65. The Morgan fingerprint density at radius 3 is 2.66 bits per heavy atom. The molecular weight excluding hydrogens is 436 g/mol. The van der Waals surface area contributed by atoms with Crippen molar-refractivity contribution in [1.29, 1.82) is 5.26 Å². The topological polar surface area (TPSA) is 135 Å². The molecule has 2 heterocycles. The minimum Gasteiger partial charge on any atom is -0.383 e. The number of hydrogen-bond donors (Lipinski definition) is 2. The number of nitrogens with zero attached hydrogens (tertiary/aromatic N) is 4. The van der Waals surface area contributed by atoms with E-state index in [0.717, 1.165) is 6.54 Å². The third-order valence-electron chi connectivity index (χ3n) is 7.13. The average Bonchev–Trinajstić information content (AvgIpc) is 3.41. The summed E-state index contributed by atoms with van der Waals surface area (Å²) in [6, 6.07) is 1.41. The fourth-order valence-corrected chi connectivity index (χ4v) is 7.01. The van der Waals surface area contributed by atoms with Crippen molar-refractivity contribution in [2.24, 2.45) is 11.8 Å². The summed E-state index contributed by atoms with van der Waals surface area (Å²) >= 11 is 0. The van der Waals surface area contributed by atoms with Gasteiger partial charge in [-0.1, -0.05) is 0 Å². The van der Waals surface area contributed by atoms with E-state index in [2.05, 4.69) is 16.2 Å². The molecule has 2 aliphatic carbocycles. The molecular formula is C20H32N6O5S. The summed E-state index contributed by atoms with van der Waals surface area (Å²) in [5.41, 5.74) is 2.20. The number of sulfonamides is 1. The molecule has 32 heavy (non-hydrogen) atoms. The maximum atomic E-state index is 13.4. The Balaban J connectivity index is 1.53. The van der Waals surface area contributed by atoms with Gasteiger partial charge in [-0.05, 0) is 32.1 Å². The molecule has 4 atom stereocenters. The summed E-state index contributed by atoms with van der Waals surface area (Å²) in [5.74, 6) is -0.752. The Hall–Kier alpha value is -1.78. The van der Waals surface area contributed by atoms with Crippen LogP contribution in [0.3, 0.4) is 0 Å². The molecule has 4 fully saturated rings. The van der Waals surface area contributed by atoms with Crippen molar-refractivity contribution in [3.63, 3.8) is 0 Å². The highest BCUT2D eigenvalue weighted by Gasteiger charge is 2.53. The van der Waals surface area contributed by atoms with Crippen LogP contribution in [0.2, 0.25) is 0 Å². The predicted molar refractivity (Wildman–Crippen MR) is 114 cm³/mol. The van der Waals surface area contributed by atoms with Crippen LogP contribution >= 0.6 is 0 Å². The molecule has 0 radical (unpaired) electrons. The highest BCUT2D eigenvalue weighted by Crippen LogP contribution is 2.40. The third kappa shape index (κ3) is 4.49. The zero-order valence-corrected chi connectivity index (χ0v) is 19.4. The van der Waals surface area contributed by atoms with E-state index in [1.54, 1.807) is 12.0 Å². The molecule has 0 aromatic rings. The van der Waals surface area contributed by atoms with Gasteiger partial charge in [0.15, 0.2) is 0 Å². The van der Waals surface area contributed by atoms with Gasteiger partial charge in [0, 0.05) is 52.3 Å². The van der Waals surface area contributed by atoms with E-state index in [9.17, 15) is 23.3 Å². The van der Waals surface area contributed by atoms with E-state index in [4.69, 9.17) is 4.74 Å². The molecule has 178 valence electrons. The van der Waals surface area contributed by atoms with Crippen LogP contribution in [-0.2, 0) is 19.6 Å². The first-order chi connectivity index (χ1) is 15.2. The number of carbonyl (C=O) groups excluding carboxylic acids is 2. The Labute approximate surface area is 189 Å². The van der Waals surface area contributed by atoms with E-state index in [0.29, 0.717) is 51.9 Å². The van der Waals surface area contributed by atoms with Gasteiger partial charge in [0.2, 0.25) is 15.9 Å². The highest BCUT2D eigenvalue weighted by molar-refractivity contribution is 7.90. The molecule has 0 spiro atoms. The number of nitriles is 1. The molecule has 11 nitrogen and oxygen atoms in total.